The molecule has 1 atom stereocenters. The molecule has 86 valence electrons. The van der Waals surface area contributed by atoms with Crippen molar-refractivity contribution in [2.45, 2.75) is 18.6 Å². The van der Waals surface area contributed by atoms with Crippen LogP contribution in [0.2, 0.25) is 0 Å². The van der Waals surface area contributed by atoms with Gasteiger partial charge in [-0.25, -0.2) is 0 Å². The molecule has 0 rings (SSSR count). The first-order chi connectivity index (χ1) is 6.23. The lowest BCUT2D eigenvalue weighted by atomic mass is 10.0. The van der Waals surface area contributed by atoms with Gasteiger partial charge in [0.15, 0.2) is 0 Å². The van der Waals surface area contributed by atoms with Crippen LogP contribution >= 0.6 is 0 Å². The van der Waals surface area contributed by atoms with Crippen LogP contribution in [0.4, 0.5) is 13.2 Å². The molecule has 0 saturated carbocycles. The predicted octanol–water partition coefficient (Wildman–Crippen LogP) is 0.451. The molecule has 0 spiro atoms. The fourth-order valence-corrected chi connectivity index (χ4v) is 0.801. The molecular weight excluding hydrogens is 197 g/mol. The first-order valence-electron chi connectivity index (χ1n) is 4.30. The maximum Gasteiger partial charge on any atom is 0.408 e. The zero-order valence-electron chi connectivity index (χ0n) is 8.65. The Balaban J connectivity index is 4.14. The second-order valence-electron chi connectivity index (χ2n) is 3.72. The average Bonchev–Trinajstić information content (AvgIpc) is 2.01. The van der Waals surface area contributed by atoms with Crippen molar-refractivity contribution in [2.24, 2.45) is 0 Å². The van der Waals surface area contributed by atoms with Crippen molar-refractivity contribution in [3.63, 3.8) is 0 Å². The normalized spacial score (nSPS) is 17.1. The molecule has 0 fully saturated rings. The summed E-state index contributed by atoms with van der Waals surface area (Å²) in [5.41, 5.74) is -2.21. The van der Waals surface area contributed by atoms with Crippen molar-refractivity contribution in [1.29, 1.82) is 0 Å². The maximum atomic E-state index is 12.4. The summed E-state index contributed by atoms with van der Waals surface area (Å²) in [6, 6.07) is 0. The number of nitrogens with zero attached hydrogens (tertiary/aromatic N) is 1. The van der Waals surface area contributed by atoms with Gasteiger partial charge in [0.05, 0.1) is 6.61 Å². The summed E-state index contributed by atoms with van der Waals surface area (Å²) < 4.78 is 37.2. The highest BCUT2D eigenvalue weighted by atomic mass is 19.4. The van der Waals surface area contributed by atoms with E-state index in [1.165, 1.54) is 0 Å². The van der Waals surface area contributed by atoms with Gasteiger partial charge in [-0.15, -0.1) is 0 Å². The van der Waals surface area contributed by atoms with E-state index in [4.69, 9.17) is 5.11 Å². The molecule has 0 aromatic heterocycles. The monoisotopic (exact) mass is 214 g/mol. The number of hydrogen-bond acceptors (Lipinski definition) is 3. The van der Waals surface area contributed by atoms with Crippen LogP contribution in [0.1, 0.15) is 6.92 Å². The van der Waals surface area contributed by atoms with Crippen molar-refractivity contribution in [3.05, 3.63) is 0 Å². The lowest BCUT2D eigenvalue weighted by Gasteiger charge is -2.31. The van der Waals surface area contributed by atoms with Gasteiger partial charge in [0, 0.05) is 13.1 Å². The zero-order valence-corrected chi connectivity index (χ0v) is 8.65. The molecule has 6 heteroatoms. The Morgan fingerprint density at radius 3 is 2.07 bits per heavy atom. The van der Waals surface area contributed by atoms with Crippen LogP contribution in [0.25, 0.3) is 0 Å². The topological polar surface area (TPSA) is 35.5 Å². The van der Waals surface area contributed by atoms with Crippen LogP contribution in [0.3, 0.4) is 0 Å². The molecule has 0 amide bonds. The predicted molar refractivity (Wildman–Crippen MR) is 48.1 cm³/mol. The van der Waals surface area contributed by atoms with Gasteiger partial charge in [0.1, 0.15) is 5.54 Å². The van der Waals surface area contributed by atoms with Crippen LogP contribution in [0.5, 0.6) is 0 Å². The standard InChI is InChI=1S/C8H17F3N2O/c1-7(6-14,8(9,10)11)12-4-5-13(2)3/h12,14H,4-6H2,1-3H3. The average molecular weight is 214 g/mol. The summed E-state index contributed by atoms with van der Waals surface area (Å²) in [4.78, 5) is 1.77. The smallest absolute Gasteiger partial charge is 0.394 e. The van der Waals surface area contributed by atoms with Crippen molar-refractivity contribution in [1.82, 2.24) is 10.2 Å². The number of rotatable bonds is 5. The van der Waals surface area contributed by atoms with Gasteiger partial charge in [-0.2, -0.15) is 13.2 Å². The molecule has 0 saturated heterocycles. The Labute approximate surface area is 81.9 Å². The summed E-state index contributed by atoms with van der Waals surface area (Å²) in [7, 11) is 3.54. The van der Waals surface area contributed by atoms with Crippen LogP contribution in [0, 0.1) is 0 Å². The molecule has 1 unspecified atom stereocenters. The van der Waals surface area contributed by atoms with Crippen LogP contribution in [0.15, 0.2) is 0 Å². The molecule has 0 aromatic rings. The molecular formula is C8H17F3N2O. The molecule has 3 nitrogen and oxygen atoms in total. The number of halogens is 3. The molecule has 0 aliphatic rings. The van der Waals surface area contributed by atoms with Crippen molar-refractivity contribution in [2.75, 3.05) is 33.8 Å². The highest BCUT2D eigenvalue weighted by molar-refractivity contribution is 4.90. The van der Waals surface area contributed by atoms with E-state index in [9.17, 15) is 13.2 Å². The molecule has 14 heavy (non-hydrogen) atoms. The minimum Gasteiger partial charge on any atom is -0.394 e. The highest BCUT2D eigenvalue weighted by Gasteiger charge is 2.50. The third-order valence-electron chi connectivity index (χ3n) is 2.02. The third kappa shape index (κ3) is 3.81. The number of hydrogen-bond donors (Lipinski definition) is 2. The number of nitrogens with one attached hydrogen (secondary N) is 1. The van der Waals surface area contributed by atoms with Crippen molar-refractivity contribution < 1.29 is 18.3 Å². The highest BCUT2D eigenvalue weighted by Crippen LogP contribution is 2.29. The number of aliphatic hydroxyl groups excluding tert-OH is 1. The van der Waals surface area contributed by atoms with E-state index in [2.05, 4.69) is 5.32 Å². The quantitative estimate of drug-likeness (QED) is 0.697. The molecule has 0 bridgehead atoms. The molecule has 0 radical (unpaired) electrons. The Kier molecular flexibility index (Phi) is 4.83. The second-order valence-corrected chi connectivity index (χ2v) is 3.72. The molecule has 2 N–H and O–H groups in total. The van der Waals surface area contributed by atoms with Gasteiger partial charge < -0.3 is 15.3 Å². The number of aliphatic hydroxyl groups is 1. The van der Waals surface area contributed by atoms with Gasteiger partial charge in [-0.05, 0) is 21.0 Å². The summed E-state index contributed by atoms with van der Waals surface area (Å²) >= 11 is 0. The molecule has 0 aliphatic carbocycles. The van der Waals surface area contributed by atoms with Gasteiger partial charge in [0.25, 0.3) is 0 Å². The maximum absolute atomic E-state index is 12.4. The fraction of sp³-hybridized carbons (Fsp3) is 1.00. The Bertz CT molecular complexity index is 172. The molecule has 0 heterocycles. The minimum atomic E-state index is -4.44. The first kappa shape index (κ1) is 13.7. The van der Waals surface area contributed by atoms with Crippen LogP contribution in [-0.4, -0.2) is 55.5 Å². The second kappa shape index (κ2) is 4.95. The molecule has 0 aliphatic heterocycles. The Morgan fingerprint density at radius 1 is 1.29 bits per heavy atom. The van der Waals surface area contributed by atoms with Crippen molar-refractivity contribution in [3.8, 4) is 0 Å². The van der Waals surface area contributed by atoms with Gasteiger partial charge >= 0.3 is 6.18 Å². The van der Waals surface area contributed by atoms with E-state index in [1.807, 2.05) is 0 Å². The van der Waals surface area contributed by atoms with E-state index in [1.54, 1.807) is 19.0 Å². The SMILES string of the molecule is CN(C)CCNC(C)(CO)C(F)(F)F. The van der Waals surface area contributed by atoms with E-state index in [-0.39, 0.29) is 6.54 Å². The number of alkyl halides is 3. The lowest BCUT2D eigenvalue weighted by molar-refractivity contribution is -0.201. The number of likely N-dealkylation sites (N-methyl/N-ethyl adjacent to an activating group) is 1. The van der Waals surface area contributed by atoms with Crippen LogP contribution in [-0.2, 0) is 0 Å². The zero-order chi connectivity index (χ0) is 11.4. The molecule has 0 aromatic carbocycles. The van der Waals surface area contributed by atoms with E-state index in [0.29, 0.717) is 6.54 Å². The lowest BCUT2D eigenvalue weighted by Crippen LogP contribution is -2.58. The van der Waals surface area contributed by atoms with Crippen molar-refractivity contribution >= 4 is 0 Å². The summed E-state index contributed by atoms with van der Waals surface area (Å²) in [5.74, 6) is 0. The van der Waals surface area contributed by atoms with Crippen LogP contribution < -0.4 is 5.32 Å². The largest absolute Gasteiger partial charge is 0.408 e. The summed E-state index contributed by atoms with van der Waals surface area (Å²) in [6.07, 6.45) is -4.44. The van der Waals surface area contributed by atoms with Gasteiger partial charge in [-0.1, -0.05) is 0 Å². The Morgan fingerprint density at radius 2 is 1.79 bits per heavy atom. The first-order valence-corrected chi connectivity index (χ1v) is 4.30. The van der Waals surface area contributed by atoms with E-state index in [0.717, 1.165) is 6.92 Å². The fourth-order valence-electron chi connectivity index (χ4n) is 0.801. The Hall–Kier alpha value is -0.330. The van der Waals surface area contributed by atoms with Gasteiger partial charge in [-0.3, -0.25) is 0 Å². The summed E-state index contributed by atoms with van der Waals surface area (Å²) in [5, 5.41) is 11.0. The van der Waals surface area contributed by atoms with E-state index >= 15 is 0 Å². The summed E-state index contributed by atoms with van der Waals surface area (Å²) in [6.45, 7) is 0.668. The van der Waals surface area contributed by atoms with Gasteiger partial charge in [0.2, 0.25) is 0 Å². The third-order valence-corrected chi connectivity index (χ3v) is 2.02. The minimum absolute atomic E-state index is 0.184. The van der Waals surface area contributed by atoms with E-state index < -0.39 is 18.3 Å².